The molecular weight excluding hydrogens is 216 g/mol. The zero-order valence-corrected chi connectivity index (χ0v) is 9.89. The maximum absolute atomic E-state index is 12.3. The van der Waals surface area contributed by atoms with Crippen molar-refractivity contribution in [3.05, 3.63) is 24.2 Å². The van der Waals surface area contributed by atoms with Crippen LogP contribution < -0.4 is 5.32 Å². The Kier molecular flexibility index (Phi) is 2.89. The van der Waals surface area contributed by atoms with E-state index in [0.717, 1.165) is 19.5 Å². The van der Waals surface area contributed by atoms with Crippen molar-refractivity contribution in [3.8, 4) is 0 Å². The van der Waals surface area contributed by atoms with Gasteiger partial charge in [0.2, 0.25) is 0 Å². The minimum Gasteiger partial charge on any atom is -0.459 e. The minimum atomic E-state index is 0.0494. The van der Waals surface area contributed by atoms with E-state index in [1.54, 1.807) is 18.4 Å². The molecule has 2 aliphatic rings. The number of nitrogens with one attached hydrogen (secondary N) is 1. The number of carbonyl (C=O) groups is 1. The van der Waals surface area contributed by atoms with Gasteiger partial charge in [-0.3, -0.25) is 4.79 Å². The molecule has 4 heteroatoms. The second-order valence-corrected chi connectivity index (χ2v) is 4.89. The van der Waals surface area contributed by atoms with Crippen LogP contribution in [0, 0.1) is 0 Å². The molecule has 1 aliphatic carbocycles. The summed E-state index contributed by atoms with van der Waals surface area (Å²) >= 11 is 0. The third-order valence-corrected chi connectivity index (χ3v) is 3.88. The van der Waals surface area contributed by atoms with E-state index >= 15 is 0 Å². The van der Waals surface area contributed by atoms with E-state index in [0.29, 0.717) is 17.8 Å². The Morgan fingerprint density at radius 1 is 1.41 bits per heavy atom. The molecule has 1 N–H and O–H groups in total. The first kappa shape index (κ1) is 10.8. The Hall–Kier alpha value is -1.29. The summed E-state index contributed by atoms with van der Waals surface area (Å²) in [5, 5.41) is 3.53. The van der Waals surface area contributed by atoms with Crippen LogP contribution in [0.1, 0.15) is 36.2 Å². The van der Waals surface area contributed by atoms with E-state index in [9.17, 15) is 4.79 Å². The second-order valence-electron chi connectivity index (χ2n) is 4.89. The van der Waals surface area contributed by atoms with Crippen LogP contribution >= 0.6 is 0 Å². The molecule has 2 heterocycles. The molecule has 4 nitrogen and oxygen atoms in total. The van der Waals surface area contributed by atoms with Crippen molar-refractivity contribution in [3.63, 3.8) is 0 Å². The van der Waals surface area contributed by atoms with Crippen molar-refractivity contribution in [2.24, 2.45) is 0 Å². The number of fused-ring (bicyclic) bond motifs is 1. The van der Waals surface area contributed by atoms with Crippen molar-refractivity contribution in [1.29, 1.82) is 0 Å². The smallest absolute Gasteiger partial charge is 0.289 e. The topological polar surface area (TPSA) is 45.5 Å². The standard InChI is InChI=1S/C13H18N2O2/c16-13(12-6-3-9-17-12)15-8-7-14-10-4-1-2-5-11(10)15/h3,6,9-11,14H,1-2,4-5,7-8H2/t10-,11+/m0/s1. The molecule has 3 rings (SSSR count). The number of amides is 1. The van der Waals surface area contributed by atoms with Crippen LogP contribution in [0.4, 0.5) is 0 Å². The molecule has 0 aromatic carbocycles. The zero-order valence-electron chi connectivity index (χ0n) is 9.89. The predicted molar refractivity (Wildman–Crippen MR) is 63.8 cm³/mol. The Morgan fingerprint density at radius 2 is 2.29 bits per heavy atom. The molecule has 0 spiro atoms. The number of furan rings is 1. The first-order chi connectivity index (χ1) is 8.36. The van der Waals surface area contributed by atoms with Gasteiger partial charge in [-0.1, -0.05) is 12.8 Å². The predicted octanol–water partition coefficient (Wildman–Crippen LogP) is 1.64. The molecule has 1 aromatic heterocycles. The van der Waals surface area contributed by atoms with Crippen molar-refractivity contribution in [2.75, 3.05) is 13.1 Å². The molecule has 2 fully saturated rings. The molecular formula is C13H18N2O2. The fourth-order valence-electron chi connectivity index (χ4n) is 3.05. The van der Waals surface area contributed by atoms with Gasteiger partial charge in [0.15, 0.2) is 5.76 Å². The molecule has 0 radical (unpaired) electrons. The molecule has 0 bridgehead atoms. The van der Waals surface area contributed by atoms with Crippen LogP contribution in [0.15, 0.2) is 22.8 Å². The van der Waals surface area contributed by atoms with Crippen molar-refractivity contribution in [1.82, 2.24) is 10.2 Å². The summed E-state index contributed by atoms with van der Waals surface area (Å²) in [6.07, 6.45) is 6.37. The Bertz CT molecular complexity index is 386. The van der Waals surface area contributed by atoms with E-state index < -0.39 is 0 Å². The van der Waals surface area contributed by atoms with Crippen LogP contribution in [0.5, 0.6) is 0 Å². The number of nitrogens with zero attached hydrogens (tertiary/aromatic N) is 1. The number of piperazine rings is 1. The van der Waals surface area contributed by atoms with E-state index in [1.807, 2.05) is 4.90 Å². The molecule has 1 aliphatic heterocycles. The molecule has 0 unspecified atom stereocenters. The lowest BCUT2D eigenvalue weighted by Crippen LogP contribution is -2.60. The average Bonchev–Trinajstić information content (AvgIpc) is 2.91. The second kappa shape index (κ2) is 4.53. The molecule has 92 valence electrons. The highest BCUT2D eigenvalue weighted by molar-refractivity contribution is 5.91. The van der Waals surface area contributed by atoms with Crippen molar-refractivity contribution >= 4 is 5.91 Å². The number of rotatable bonds is 1. The van der Waals surface area contributed by atoms with Gasteiger partial charge in [0.25, 0.3) is 5.91 Å². The summed E-state index contributed by atoms with van der Waals surface area (Å²) in [6, 6.07) is 4.36. The normalized spacial score (nSPS) is 28.8. The van der Waals surface area contributed by atoms with Gasteiger partial charge in [0.1, 0.15) is 0 Å². The highest BCUT2D eigenvalue weighted by Gasteiger charge is 2.36. The van der Waals surface area contributed by atoms with E-state index in [2.05, 4.69) is 5.32 Å². The quantitative estimate of drug-likeness (QED) is 0.803. The SMILES string of the molecule is O=C(c1ccco1)N1CCN[C@H]2CCCC[C@H]21. The van der Waals surface area contributed by atoms with Gasteiger partial charge in [0.05, 0.1) is 6.26 Å². The van der Waals surface area contributed by atoms with Gasteiger partial charge in [-0.15, -0.1) is 0 Å². The first-order valence-corrected chi connectivity index (χ1v) is 6.44. The molecule has 17 heavy (non-hydrogen) atoms. The van der Waals surface area contributed by atoms with Gasteiger partial charge in [-0.05, 0) is 25.0 Å². The lowest BCUT2D eigenvalue weighted by atomic mass is 9.87. The largest absolute Gasteiger partial charge is 0.459 e. The first-order valence-electron chi connectivity index (χ1n) is 6.44. The highest BCUT2D eigenvalue weighted by Crippen LogP contribution is 2.26. The van der Waals surface area contributed by atoms with Crippen molar-refractivity contribution < 1.29 is 9.21 Å². The fraction of sp³-hybridized carbons (Fsp3) is 0.615. The van der Waals surface area contributed by atoms with Gasteiger partial charge >= 0.3 is 0 Å². The summed E-state index contributed by atoms with van der Waals surface area (Å²) in [4.78, 5) is 14.3. The summed E-state index contributed by atoms with van der Waals surface area (Å²) in [7, 11) is 0. The Balaban J connectivity index is 1.79. The molecule has 1 amide bonds. The van der Waals surface area contributed by atoms with E-state index in [-0.39, 0.29) is 5.91 Å². The van der Waals surface area contributed by atoms with Crippen LogP contribution in [0.3, 0.4) is 0 Å². The third-order valence-electron chi connectivity index (χ3n) is 3.88. The van der Waals surface area contributed by atoms with Gasteiger partial charge in [-0.25, -0.2) is 0 Å². The van der Waals surface area contributed by atoms with Gasteiger partial charge in [0, 0.05) is 25.2 Å². The monoisotopic (exact) mass is 234 g/mol. The fourth-order valence-corrected chi connectivity index (χ4v) is 3.05. The van der Waals surface area contributed by atoms with Crippen LogP contribution in [-0.4, -0.2) is 36.0 Å². The number of hydrogen-bond donors (Lipinski definition) is 1. The average molecular weight is 234 g/mol. The van der Waals surface area contributed by atoms with E-state index in [4.69, 9.17) is 4.42 Å². The van der Waals surface area contributed by atoms with Crippen LogP contribution in [0.2, 0.25) is 0 Å². The van der Waals surface area contributed by atoms with Gasteiger partial charge < -0.3 is 14.6 Å². The molecule has 2 atom stereocenters. The lowest BCUT2D eigenvalue weighted by Gasteiger charge is -2.44. The Labute approximate surface area is 101 Å². The molecule has 1 saturated heterocycles. The molecule has 1 aromatic rings. The van der Waals surface area contributed by atoms with E-state index in [1.165, 1.54) is 19.3 Å². The van der Waals surface area contributed by atoms with Crippen molar-refractivity contribution in [2.45, 2.75) is 37.8 Å². The zero-order chi connectivity index (χ0) is 11.7. The minimum absolute atomic E-state index is 0.0494. The van der Waals surface area contributed by atoms with Gasteiger partial charge in [-0.2, -0.15) is 0 Å². The lowest BCUT2D eigenvalue weighted by molar-refractivity contribution is 0.0459. The number of carbonyl (C=O) groups excluding carboxylic acids is 1. The Morgan fingerprint density at radius 3 is 3.12 bits per heavy atom. The molecule has 1 saturated carbocycles. The van der Waals surface area contributed by atoms with Crippen LogP contribution in [0.25, 0.3) is 0 Å². The maximum atomic E-state index is 12.3. The number of hydrogen-bond acceptors (Lipinski definition) is 3. The summed E-state index contributed by atoms with van der Waals surface area (Å²) in [6.45, 7) is 1.69. The summed E-state index contributed by atoms with van der Waals surface area (Å²) < 4.78 is 5.22. The summed E-state index contributed by atoms with van der Waals surface area (Å²) in [5.41, 5.74) is 0. The third kappa shape index (κ3) is 1.97. The summed E-state index contributed by atoms with van der Waals surface area (Å²) in [5.74, 6) is 0.518. The highest BCUT2D eigenvalue weighted by atomic mass is 16.3. The maximum Gasteiger partial charge on any atom is 0.289 e. The van der Waals surface area contributed by atoms with Crippen LogP contribution in [-0.2, 0) is 0 Å².